The number of ether oxygens (including phenoxy) is 1. The number of carbonyl (C=O) groups is 2. The van der Waals surface area contributed by atoms with Crippen LogP contribution < -0.4 is 20.7 Å². The predicted molar refractivity (Wildman–Crippen MR) is 73.8 cm³/mol. The molecule has 116 valence electrons. The van der Waals surface area contributed by atoms with Gasteiger partial charge in [-0.3, -0.25) is 10.1 Å². The lowest BCUT2D eigenvalue weighted by Crippen LogP contribution is -2.44. The van der Waals surface area contributed by atoms with Gasteiger partial charge >= 0.3 is 12.6 Å². The molecule has 3 N–H and O–H groups in total. The number of halogens is 3. The maximum atomic E-state index is 12.2. The lowest BCUT2D eigenvalue weighted by atomic mass is 10.2. The number of hydrogen-bond acceptors (Lipinski definition) is 4. The number of urea groups is 1. The molecule has 3 amide bonds. The lowest BCUT2D eigenvalue weighted by molar-refractivity contribution is -0.120. The van der Waals surface area contributed by atoms with Gasteiger partial charge < -0.3 is 15.4 Å². The average Bonchev–Trinajstić information content (AvgIpc) is 2.41. The van der Waals surface area contributed by atoms with Gasteiger partial charge in [0.1, 0.15) is 11.8 Å². The number of amides is 3. The quantitative estimate of drug-likeness (QED) is 0.777. The molecule has 0 fully saturated rings. The van der Waals surface area contributed by atoms with Gasteiger partial charge in [0.2, 0.25) is 5.91 Å². The van der Waals surface area contributed by atoms with Crippen molar-refractivity contribution in [2.24, 2.45) is 0 Å². The molecule has 0 saturated heterocycles. The van der Waals surface area contributed by atoms with E-state index in [0.717, 1.165) is 0 Å². The van der Waals surface area contributed by atoms with E-state index in [-0.39, 0.29) is 10.8 Å². The number of hydrogen-bond donors (Lipinski definition) is 3. The van der Waals surface area contributed by atoms with Crippen molar-refractivity contribution >= 4 is 29.2 Å². The van der Waals surface area contributed by atoms with Gasteiger partial charge in [0.05, 0.1) is 5.02 Å². The number of alkyl halides is 2. The third-order valence-corrected chi connectivity index (χ3v) is 2.70. The van der Waals surface area contributed by atoms with Gasteiger partial charge in [0.25, 0.3) is 0 Å². The second-order valence-corrected chi connectivity index (χ2v) is 4.37. The highest BCUT2D eigenvalue weighted by atomic mass is 35.5. The van der Waals surface area contributed by atoms with Gasteiger partial charge in [-0.05, 0) is 19.1 Å². The van der Waals surface area contributed by atoms with E-state index < -0.39 is 24.6 Å². The Bertz CT molecular complexity index is 528. The second-order valence-electron chi connectivity index (χ2n) is 3.96. The molecule has 6 nitrogen and oxygen atoms in total. The summed E-state index contributed by atoms with van der Waals surface area (Å²) < 4.78 is 28.6. The normalized spacial score (nSPS) is 11.7. The van der Waals surface area contributed by atoms with Crippen LogP contribution in [0.5, 0.6) is 5.75 Å². The first-order valence-corrected chi connectivity index (χ1v) is 6.24. The van der Waals surface area contributed by atoms with Crippen LogP contribution in [-0.4, -0.2) is 31.6 Å². The minimum absolute atomic E-state index is 0.0170. The predicted octanol–water partition coefficient (Wildman–Crippen LogP) is 2.20. The molecule has 1 aromatic rings. The summed E-state index contributed by atoms with van der Waals surface area (Å²) in [5, 5.41) is 7.07. The van der Waals surface area contributed by atoms with Crippen molar-refractivity contribution < 1.29 is 23.1 Å². The molecule has 0 aliphatic heterocycles. The van der Waals surface area contributed by atoms with E-state index in [4.69, 9.17) is 11.6 Å². The van der Waals surface area contributed by atoms with Crippen LogP contribution in [-0.2, 0) is 4.79 Å². The molecule has 0 unspecified atom stereocenters. The van der Waals surface area contributed by atoms with E-state index in [1.165, 1.54) is 32.2 Å². The van der Waals surface area contributed by atoms with E-state index in [2.05, 4.69) is 20.7 Å². The summed E-state index contributed by atoms with van der Waals surface area (Å²) in [7, 11) is 1.37. The maximum Gasteiger partial charge on any atom is 0.387 e. The zero-order valence-corrected chi connectivity index (χ0v) is 12.0. The van der Waals surface area contributed by atoms with E-state index >= 15 is 0 Å². The van der Waals surface area contributed by atoms with Crippen LogP contribution in [0.1, 0.15) is 6.92 Å². The molecule has 0 bridgehead atoms. The van der Waals surface area contributed by atoms with Crippen molar-refractivity contribution in [1.29, 1.82) is 0 Å². The smallest absolute Gasteiger partial charge is 0.387 e. The van der Waals surface area contributed by atoms with Gasteiger partial charge in [0.15, 0.2) is 0 Å². The van der Waals surface area contributed by atoms with Crippen LogP contribution >= 0.6 is 11.6 Å². The monoisotopic (exact) mass is 321 g/mol. The summed E-state index contributed by atoms with van der Waals surface area (Å²) >= 11 is 5.71. The summed E-state index contributed by atoms with van der Waals surface area (Å²) in [6.45, 7) is -1.51. The molecule has 21 heavy (non-hydrogen) atoms. The van der Waals surface area contributed by atoms with Gasteiger partial charge in [-0.25, -0.2) is 4.79 Å². The lowest BCUT2D eigenvalue weighted by Gasteiger charge is -2.16. The number of anilines is 1. The SMILES string of the molecule is CNC(=O)NC(=O)[C@H](C)Nc1ccc(Cl)c(OC(F)F)c1. The molecule has 0 heterocycles. The van der Waals surface area contributed by atoms with E-state index in [0.29, 0.717) is 5.69 Å². The fourth-order valence-electron chi connectivity index (χ4n) is 1.38. The molecule has 0 aliphatic carbocycles. The van der Waals surface area contributed by atoms with Crippen LogP contribution in [0.3, 0.4) is 0 Å². The molecule has 0 aliphatic rings. The number of imide groups is 1. The minimum Gasteiger partial charge on any atom is -0.433 e. The van der Waals surface area contributed by atoms with Gasteiger partial charge in [0, 0.05) is 18.8 Å². The molecular formula is C12H14ClF2N3O3. The van der Waals surface area contributed by atoms with Gasteiger partial charge in [-0.2, -0.15) is 8.78 Å². The van der Waals surface area contributed by atoms with Crippen molar-refractivity contribution in [3.63, 3.8) is 0 Å². The first kappa shape index (κ1) is 17.0. The number of benzene rings is 1. The first-order chi connectivity index (χ1) is 9.83. The van der Waals surface area contributed by atoms with Crippen molar-refractivity contribution in [2.45, 2.75) is 19.6 Å². The number of rotatable bonds is 5. The fraction of sp³-hybridized carbons (Fsp3) is 0.333. The third kappa shape index (κ3) is 5.42. The number of nitrogens with one attached hydrogen (secondary N) is 3. The van der Waals surface area contributed by atoms with Crippen molar-refractivity contribution in [3.05, 3.63) is 23.2 Å². The summed E-state index contributed by atoms with van der Waals surface area (Å²) in [6.07, 6.45) is 0. The molecular weight excluding hydrogens is 308 g/mol. The summed E-state index contributed by atoms with van der Waals surface area (Å²) in [6, 6.07) is 2.65. The Hall–Kier alpha value is -2.09. The minimum atomic E-state index is -3.01. The van der Waals surface area contributed by atoms with Crippen molar-refractivity contribution in [2.75, 3.05) is 12.4 Å². The fourth-order valence-corrected chi connectivity index (χ4v) is 1.54. The first-order valence-electron chi connectivity index (χ1n) is 5.87. The van der Waals surface area contributed by atoms with Crippen molar-refractivity contribution in [1.82, 2.24) is 10.6 Å². The zero-order chi connectivity index (χ0) is 16.0. The molecule has 1 aromatic carbocycles. The molecule has 9 heteroatoms. The van der Waals surface area contributed by atoms with E-state index in [1.54, 1.807) is 0 Å². The average molecular weight is 322 g/mol. The topological polar surface area (TPSA) is 79.5 Å². The molecule has 1 rings (SSSR count). The highest BCUT2D eigenvalue weighted by molar-refractivity contribution is 6.32. The summed E-state index contributed by atoms with van der Waals surface area (Å²) in [5.41, 5.74) is 0.342. The Balaban J connectivity index is 2.74. The van der Waals surface area contributed by atoms with Crippen LogP contribution in [0.25, 0.3) is 0 Å². The highest BCUT2D eigenvalue weighted by Crippen LogP contribution is 2.29. The largest absolute Gasteiger partial charge is 0.433 e. The molecule has 0 saturated carbocycles. The van der Waals surface area contributed by atoms with Crippen molar-refractivity contribution in [3.8, 4) is 5.75 Å². The Morgan fingerprint density at radius 3 is 2.57 bits per heavy atom. The third-order valence-electron chi connectivity index (χ3n) is 2.39. The van der Waals surface area contributed by atoms with Gasteiger partial charge in [-0.15, -0.1) is 0 Å². The Labute approximate surface area is 124 Å². The number of carbonyl (C=O) groups excluding carboxylic acids is 2. The van der Waals surface area contributed by atoms with Crippen LogP contribution in [0.2, 0.25) is 5.02 Å². The summed E-state index contributed by atoms with van der Waals surface area (Å²) in [5.74, 6) is -0.795. The van der Waals surface area contributed by atoms with E-state index in [9.17, 15) is 18.4 Å². The van der Waals surface area contributed by atoms with Crippen LogP contribution in [0.4, 0.5) is 19.3 Å². The standard InChI is InChI=1S/C12H14ClF2N3O3/c1-6(10(19)18-12(20)16-2)17-7-3-4-8(13)9(5-7)21-11(14)15/h3-6,11,17H,1-2H3,(H2,16,18,19,20)/t6-/m0/s1. The van der Waals surface area contributed by atoms with E-state index in [1.807, 2.05) is 0 Å². The van der Waals surface area contributed by atoms with Crippen LogP contribution in [0.15, 0.2) is 18.2 Å². The second kappa shape index (κ2) is 7.63. The molecule has 0 aromatic heterocycles. The molecule has 0 radical (unpaired) electrons. The van der Waals surface area contributed by atoms with Gasteiger partial charge in [-0.1, -0.05) is 11.6 Å². The Morgan fingerprint density at radius 1 is 1.33 bits per heavy atom. The molecule has 1 atom stereocenters. The zero-order valence-electron chi connectivity index (χ0n) is 11.2. The molecule has 0 spiro atoms. The highest BCUT2D eigenvalue weighted by Gasteiger charge is 2.16. The maximum absolute atomic E-state index is 12.2. The Morgan fingerprint density at radius 2 is 2.00 bits per heavy atom. The van der Waals surface area contributed by atoms with Crippen LogP contribution in [0, 0.1) is 0 Å². The Kier molecular flexibility index (Phi) is 6.16. The summed E-state index contributed by atoms with van der Waals surface area (Å²) in [4.78, 5) is 22.6.